The Bertz CT molecular complexity index is 271. The molecule has 3 nitrogen and oxygen atoms in total. The van der Waals surface area contributed by atoms with Crippen LogP contribution in [0, 0.1) is 6.92 Å². The average molecular weight is 208 g/mol. The number of aromatic nitrogens is 1. The lowest BCUT2D eigenvalue weighted by Crippen LogP contribution is -2.32. The van der Waals surface area contributed by atoms with E-state index in [0.717, 1.165) is 25.3 Å². The molecule has 1 aromatic rings. The quantitative estimate of drug-likeness (QED) is 0.775. The van der Waals surface area contributed by atoms with Crippen LogP contribution in [0.2, 0.25) is 0 Å². The summed E-state index contributed by atoms with van der Waals surface area (Å²) in [4.78, 5) is 4.34. The normalized spacial score (nSPS) is 12.7. The zero-order chi connectivity index (χ0) is 11.1. The number of rotatable bonds is 6. The van der Waals surface area contributed by atoms with Crippen LogP contribution in [0.1, 0.15) is 24.6 Å². The molecular weight excluding hydrogens is 188 g/mol. The molecule has 0 aliphatic rings. The van der Waals surface area contributed by atoms with Gasteiger partial charge in [-0.3, -0.25) is 4.98 Å². The van der Waals surface area contributed by atoms with Crippen molar-refractivity contribution in [1.29, 1.82) is 0 Å². The average Bonchev–Trinajstić information content (AvgIpc) is 2.26. The molecule has 0 aromatic carbocycles. The highest BCUT2D eigenvalue weighted by atomic mass is 16.5. The number of methoxy groups -OCH3 is 1. The molecule has 1 atom stereocenters. The number of hydrogen-bond acceptors (Lipinski definition) is 3. The van der Waals surface area contributed by atoms with Crippen LogP contribution in [0.3, 0.4) is 0 Å². The highest BCUT2D eigenvalue weighted by molar-refractivity contribution is 5.11. The molecule has 84 valence electrons. The van der Waals surface area contributed by atoms with Crippen molar-refractivity contribution in [3.8, 4) is 0 Å². The van der Waals surface area contributed by atoms with Crippen LogP contribution < -0.4 is 5.32 Å². The van der Waals surface area contributed by atoms with Crippen molar-refractivity contribution in [2.75, 3.05) is 13.7 Å². The third-order valence-corrected chi connectivity index (χ3v) is 2.41. The van der Waals surface area contributed by atoms with Crippen LogP contribution in [-0.2, 0) is 11.3 Å². The van der Waals surface area contributed by atoms with Gasteiger partial charge >= 0.3 is 0 Å². The molecule has 0 spiro atoms. The van der Waals surface area contributed by atoms with E-state index in [1.807, 2.05) is 13.1 Å². The number of aryl methyl sites for hydroxylation is 1. The van der Waals surface area contributed by atoms with Crippen LogP contribution in [0.15, 0.2) is 18.3 Å². The Kier molecular flexibility index (Phi) is 5.29. The van der Waals surface area contributed by atoms with E-state index in [9.17, 15) is 0 Å². The van der Waals surface area contributed by atoms with E-state index in [1.165, 1.54) is 5.56 Å². The largest absolute Gasteiger partial charge is 0.383 e. The Morgan fingerprint density at radius 3 is 2.80 bits per heavy atom. The zero-order valence-electron chi connectivity index (χ0n) is 9.79. The molecule has 15 heavy (non-hydrogen) atoms. The van der Waals surface area contributed by atoms with Gasteiger partial charge in [-0.1, -0.05) is 13.0 Å². The lowest BCUT2D eigenvalue weighted by Gasteiger charge is -2.15. The molecule has 1 rings (SSSR count). The van der Waals surface area contributed by atoms with Crippen molar-refractivity contribution in [1.82, 2.24) is 10.3 Å². The Morgan fingerprint density at radius 1 is 1.47 bits per heavy atom. The van der Waals surface area contributed by atoms with Crippen LogP contribution in [0.4, 0.5) is 0 Å². The van der Waals surface area contributed by atoms with E-state index in [1.54, 1.807) is 7.11 Å². The van der Waals surface area contributed by atoms with E-state index in [4.69, 9.17) is 4.74 Å². The predicted octanol–water partition coefficient (Wildman–Crippen LogP) is 1.90. The van der Waals surface area contributed by atoms with Crippen molar-refractivity contribution >= 4 is 0 Å². The summed E-state index contributed by atoms with van der Waals surface area (Å²) >= 11 is 0. The van der Waals surface area contributed by atoms with Crippen LogP contribution in [-0.4, -0.2) is 24.7 Å². The fourth-order valence-corrected chi connectivity index (χ4v) is 1.37. The smallest absolute Gasteiger partial charge is 0.0615 e. The van der Waals surface area contributed by atoms with Crippen molar-refractivity contribution in [2.45, 2.75) is 32.9 Å². The second kappa shape index (κ2) is 6.53. The highest BCUT2D eigenvalue weighted by Crippen LogP contribution is 1.99. The van der Waals surface area contributed by atoms with Crippen LogP contribution >= 0.6 is 0 Å². The summed E-state index contributed by atoms with van der Waals surface area (Å²) in [5, 5.41) is 3.42. The maximum absolute atomic E-state index is 5.12. The minimum absolute atomic E-state index is 0.415. The molecule has 0 saturated heterocycles. The predicted molar refractivity (Wildman–Crippen MR) is 61.8 cm³/mol. The monoisotopic (exact) mass is 208 g/mol. The number of ether oxygens (including phenoxy) is 1. The first-order valence-corrected chi connectivity index (χ1v) is 5.40. The SMILES string of the molecule is CCC(COC)NCc1ccc(C)cn1. The Balaban J connectivity index is 2.38. The Morgan fingerprint density at radius 2 is 2.27 bits per heavy atom. The summed E-state index contributed by atoms with van der Waals surface area (Å²) < 4.78 is 5.12. The Labute approximate surface area is 91.9 Å². The fourth-order valence-electron chi connectivity index (χ4n) is 1.37. The summed E-state index contributed by atoms with van der Waals surface area (Å²) in [7, 11) is 1.73. The van der Waals surface area contributed by atoms with E-state index >= 15 is 0 Å². The first-order valence-electron chi connectivity index (χ1n) is 5.40. The molecule has 0 saturated carbocycles. The van der Waals surface area contributed by atoms with Gasteiger partial charge in [-0.15, -0.1) is 0 Å². The summed E-state index contributed by atoms with van der Waals surface area (Å²) in [6.07, 6.45) is 2.97. The second-order valence-corrected chi connectivity index (χ2v) is 3.77. The van der Waals surface area contributed by atoms with Gasteiger partial charge in [0.05, 0.1) is 12.3 Å². The highest BCUT2D eigenvalue weighted by Gasteiger charge is 2.04. The van der Waals surface area contributed by atoms with Gasteiger partial charge in [-0.05, 0) is 25.0 Å². The van der Waals surface area contributed by atoms with Gasteiger partial charge in [0.15, 0.2) is 0 Å². The third kappa shape index (κ3) is 4.40. The molecular formula is C12H20N2O. The summed E-state index contributed by atoms with van der Waals surface area (Å²) in [6.45, 7) is 5.76. The molecule has 0 radical (unpaired) electrons. The first kappa shape index (κ1) is 12.1. The summed E-state index contributed by atoms with van der Waals surface area (Å²) in [6, 6.07) is 4.56. The number of pyridine rings is 1. The van der Waals surface area contributed by atoms with Crippen molar-refractivity contribution < 1.29 is 4.74 Å². The Hall–Kier alpha value is -0.930. The molecule has 3 heteroatoms. The van der Waals surface area contributed by atoms with E-state index < -0.39 is 0 Å². The first-order chi connectivity index (χ1) is 7.26. The fraction of sp³-hybridized carbons (Fsp3) is 0.583. The molecule has 0 aliphatic carbocycles. The lowest BCUT2D eigenvalue weighted by atomic mass is 10.2. The topological polar surface area (TPSA) is 34.1 Å². The molecule has 1 unspecified atom stereocenters. The second-order valence-electron chi connectivity index (χ2n) is 3.77. The standard InChI is InChI=1S/C12H20N2O/c1-4-11(9-15-3)14-8-12-6-5-10(2)7-13-12/h5-7,11,14H,4,8-9H2,1-3H3. The summed E-state index contributed by atoms with van der Waals surface area (Å²) in [5.74, 6) is 0. The third-order valence-electron chi connectivity index (χ3n) is 2.41. The zero-order valence-corrected chi connectivity index (χ0v) is 9.79. The van der Waals surface area contributed by atoms with Gasteiger partial charge in [0.1, 0.15) is 0 Å². The maximum Gasteiger partial charge on any atom is 0.0615 e. The molecule has 0 aliphatic heterocycles. The van der Waals surface area contributed by atoms with Crippen molar-refractivity contribution in [3.63, 3.8) is 0 Å². The van der Waals surface area contributed by atoms with E-state index in [0.29, 0.717) is 6.04 Å². The van der Waals surface area contributed by atoms with Crippen LogP contribution in [0.5, 0.6) is 0 Å². The van der Waals surface area contributed by atoms with Gasteiger partial charge in [0, 0.05) is 25.9 Å². The van der Waals surface area contributed by atoms with E-state index in [2.05, 4.69) is 29.4 Å². The molecule has 0 bridgehead atoms. The number of hydrogen-bond donors (Lipinski definition) is 1. The van der Waals surface area contributed by atoms with Gasteiger partial charge in [-0.2, -0.15) is 0 Å². The molecule has 0 amide bonds. The van der Waals surface area contributed by atoms with Gasteiger partial charge in [0.25, 0.3) is 0 Å². The molecule has 1 N–H and O–H groups in total. The maximum atomic E-state index is 5.12. The van der Waals surface area contributed by atoms with E-state index in [-0.39, 0.29) is 0 Å². The molecule has 1 heterocycles. The van der Waals surface area contributed by atoms with Crippen molar-refractivity contribution in [2.24, 2.45) is 0 Å². The minimum Gasteiger partial charge on any atom is -0.383 e. The molecule has 1 aromatic heterocycles. The van der Waals surface area contributed by atoms with Gasteiger partial charge in [-0.25, -0.2) is 0 Å². The lowest BCUT2D eigenvalue weighted by molar-refractivity contribution is 0.163. The number of nitrogens with zero attached hydrogens (tertiary/aromatic N) is 1. The van der Waals surface area contributed by atoms with Crippen molar-refractivity contribution in [3.05, 3.63) is 29.6 Å². The van der Waals surface area contributed by atoms with Crippen LogP contribution in [0.25, 0.3) is 0 Å². The summed E-state index contributed by atoms with van der Waals surface area (Å²) in [5.41, 5.74) is 2.28. The minimum atomic E-state index is 0.415. The number of nitrogens with one attached hydrogen (secondary N) is 1. The van der Waals surface area contributed by atoms with Gasteiger partial charge < -0.3 is 10.1 Å². The van der Waals surface area contributed by atoms with Gasteiger partial charge in [0.2, 0.25) is 0 Å². The molecule has 0 fully saturated rings.